The highest BCUT2D eigenvalue weighted by molar-refractivity contribution is 7.89. The number of aliphatic hydroxyl groups is 2. The van der Waals surface area contributed by atoms with Crippen LogP contribution in [0, 0.1) is 24.3 Å². The van der Waals surface area contributed by atoms with Crippen LogP contribution in [0.4, 0.5) is 0 Å². The van der Waals surface area contributed by atoms with Gasteiger partial charge < -0.3 is 19.7 Å². The SMILES string of the molecule is Cc1ccc(S(=O)(=O)N[C@@H]2[C@@H](C#C[Si](C)(C)C)[C@H](O)[C@H](O)[C@H]3OC(C)(C)O[C@@H]23)cc1. The third-order valence-corrected chi connectivity index (χ3v) is 7.56. The fourth-order valence-corrected chi connectivity index (χ4v) is 5.63. The van der Waals surface area contributed by atoms with E-state index in [2.05, 4.69) is 35.8 Å². The van der Waals surface area contributed by atoms with Crippen LogP contribution in [-0.4, -0.2) is 62.9 Å². The average molecular weight is 454 g/mol. The number of hydrogen-bond donors (Lipinski definition) is 3. The van der Waals surface area contributed by atoms with E-state index in [9.17, 15) is 18.6 Å². The predicted octanol–water partition coefficient (Wildman–Crippen LogP) is 1.39. The highest BCUT2D eigenvalue weighted by atomic mass is 32.2. The largest absolute Gasteiger partial charge is 0.389 e. The van der Waals surface area contributed by atoms with Crippen molar-refractivity contribution < 1.29 is 28.1 Å². The summed E-state index contributed by atoms with van der Waals surface area (Å²) in [4.78, 5) is 0.111. The second-order valence-electron chi connectivity index (χ2n) is 9.55. The Morgan fingerprint density at radius 2 is 1.60 bits per heavy atom. The summed E-state index contributed by atoms with van der Waals surface area (Å²) in [5.74, 6) is 1.19. The van der Waals surface area contributed by atoms with Gasteiger partial charge in [-0.05, 0) is 32.9 Å². The van der Waals surface area contributed by atoms with Gasteiger partial charge in [0.25, 0.3) is 0 Å². The van der Waals surface area contributed by atoms with Gasteiger partial charge in [0.1, 0.15) is 26.4 Å². The Labute approximate surface area is 179 Å². The van der Waals surface area contributed by atoms with Crippen LogP contribution >= 0.6 is 0 Å². The summed E-state index contributed by atoms with van der Waals surface area (Å²) in [6.07, 6.45) is -4.18. The topological polar surface area (TPSA) is 105 Å². The molecule has 0 unspecified atom stereocenters. The molecule has 1 aliphatic carbocycles. The van der Waals surface area contributed by atoms with Gasteiger partial charge in [-0.3, -0.25) is 0 Å². The molecule has 1 aliphatic heterocycles. The molecule has 6 atom stereocenters. The molecule has 0 amide bonds. The van der Waals surface area contributed by atoms with E-state index in [4.69, 9.17) is 9.47 Å². The summed E-state index contributed by atoms with van der Waals surface area (Å²) in [5, 5.41) is 21.5. The van der Waals surface area contributed by atoms with Gasteiger partial charge in [-0.2, -0.15) is 0 Å². The maximum absolute atomic E-state index is 13.1. The zero-order valence-electron chi connectivity index (χ0n) is 18.2. The zero-order valence-corrected chi connectivity index (χ0v) is 20.0. The van der Waals surface area contributed by atoms with Crippen LogP contribution in [0.1, 0.15) is 19.4 Å². The lowest BCUT2D eigenvalue weighted by Crippen LogP contribution is -2.64. The number of ether oxygens (including phenoxy) is 2. The first-order valence-corrected chi connectivity index (χ1v) is 15.0. The average Bonchev–Trinajstić information content (AvgIpc) is 2.94. The quantitative estimate of drug-likeness (QED) is 0.472. The monoisotopic (exact) mass is 453 g/mol. The first-order valence-electron chi connectivity index (χ1n) is 10.0. The smallest absolute Gasteiger partial charge is 0.240 e. The van der Waals surface area contributed by atoms with Gasteiger partial charge in [0.05, 0.1) is 23.0 Å². The van der Waals surface area contributed by atoms with Crippen LogP contribution < -0.4 is 4.72 Å². The molecule has 166 valence electrons. The number of aryl methyl sites for hydroxylation is 1. The van der Waals surface area contributed by atoms with Crippen molar-refractivity contribution in [2.24, 2.45) is 5.92 Å². The van der Waals surface area contributed by atoms with Crippen molar-refractivity contribution in [1.82, 2.24) is 4.72 Å². The van der Waals surface area contributed by atoms with Gasteiger partial charge in [0.15, 0.2) is 5.79 Å². The van der Waals surface area contributed by atoms with E-state index in [0.29, 0.717) is 0 Å². The highest BCUT2D eigenvalue weighted by Crippen LogP contribution is 2.40. The van der Waals surface area contributed by atoms with Crippen molar-refractivity contribution >= 4 is 18.1 Å². The molecule has 7 nitrogen and oxygen atoms in total. The van der Waals surface area contributed by atoms with Crippen LogP contribution in [-0.2, 0) is 19.5 Å². The lowest BCUT2D eigenvalue weighted by molar-refractivity contribution is -0.160. The van der Waals surface area contributed by atoms with E-state index < -0.39 is 60.3 Å². The maximum Gasteiger partial charge on any atom is 0.240 e. The molecule has 9 heteroatoms. The first-order chi connectivity index (χ1) is 13.7. The Morgan fingerprint density at radius 3 is 2.17 bits per heavy atom. The Kier molecular flexibility index (Phi) is 6.26. The van der Waals surface area contributed by atoms with Crippen molar-refractivity contribution in [2.45, 2.75) is 81.6 Å². The maximum atomic E-state index is 13.1. The molecule has 2 fully saturated rings. The summed E-state index contributed by atoms with van der Waals surface area (Å²) in [6, 6.07) is 5.62. The zero-order chi connectivity index (χ0) is 22.5. The third kappa shape index (κ3) is 4.97. The lowest BCUT2D eigenvalue weighted by Gasteiger charge is -2.42. The fraction of sp³-hybridized carbons (Fsp3) is 0.619. The van der Waals surface area contributed by atoms with Crippen molar-refractivity contribution in [1.29, 1.82) is 0 Å². The minimum atomic E-state index is -3.91. The van der Waals surface area contributed by atoms with Crippen molar-refractivity contribution in [3.63, 3.8) is 0 Å². The van der Waals surface area contributed by atoms with E-state index in [-0.39, 0.29) is 4.90 Å². The number of fused-ring (bicyclic) bond motifs is 1. The molecule has 1 aromatic rings. The number of hydrogen-bond acceptors (Lipinski definition) is 6. The molecule has 30 heavy (non-hydrogen) atoms. The Balaban J connectivity index is 2.02. The van der Waals surface area contributed by atoms with Gasteiger partial charge in [0, 0.05) is 0 Å². The summed E-state index contributed by atoms with van der Waals surface area (Å²) in [5.41, 5.74) is 4.14. The van der Waals surface area contributed by atoms with E-state index in [0.717, 1.165) is 5.56 Å². The molecule has 1 saturated carbocycles. The molecule has 0 spiro atoms. The highest BCUT2D eigenvalue weighted by Gasteiger charge is 2.58. The van der Waals surface area contributed by atoms with Crippen LogP contribution in [0.2, 0.25) is 19.6 Å². The summed E-state index contributed by atoms with van der Waals surface area (Å²) < 4.78 is 40.7. The number of nitrogens with one attached hydrogen (secondary N) is 1. The fourth-order valence-electron chi connectivity index (χ4n) is 3.76. The summed E-state index contributed by atoms with van der Waals surface area (Å²) in [6.45, 7) is 11.4. The molecule has 2 aliphatic rings. The van der Waals surface area contributed by atoms with Crippen LogP contribution in [0.25, 0.3) is 0 Å². The second kappa shape index (κ2) is 8.02. The van der Waals surface area contributed by atoms with Gasteiger partial charge in [-0.15, -0.1) is 11.5 Å². The molecule has 0 radical (unpaired) electrons. The molecule has 0 bridgehead atoms. The Morgan fingerprint density at radius 1 is 1.03 bits per heavy atom. The van der Waals surface area contributed by atoms with Gasteiger partial charge in [0.2, 0.25) is 10.0 Å². The Bertz CT molecular complexity index is 944. The van der Waals surface area contributed by atoms with Crippen LogP contribution in [0.5, 0.6) is 0 Å². The summed E-state index contributed by atoms with van der Waals surface area (Å²) >= 11 is 0. The van der Waals surface area contributed by atoms with E-state index >= 15 is 0 Å². The van der Waals surface area contributed by atoms with Crippen molar-refractivity contribution in [2.75, 3.05) is 0 Å². The van der Waals surface area contributed by atoms with E-state index in [1.807, 2.05) is 6.92 Å². The molecule has 3 rings (SSSR count). The van der Waals surface area contributed by atoms with E-state index in [1.165, 1.54) is 12.1 Å². The van der Waals surface area contributed by atoms with Crippen molar-refractivity contribution in [3.8, 4) is 11.5 Å². The minimum absolute atomic E-state index is 0.111. The number of sulfonamides is 1. The predicted molar refractivity (Wildman–Crippen MR) is 116 cm³/mol. The minimum Gasteiger partial charge on any atom is -0.389 e. The van der Waals surface area contributed by atoms with Gasteiger partial charge in [-0.25, -0.2) is 13.1 Å². The number of aliphatic hydroxyl groups excluding tert-OH is 2. The normalized spacial score (nSPS) is 33.5. The molecule has 0 aromatic heterocycles. The molecule has 1 aromatic carbocycles. The van der Waals surface area contributed by atoms with E-state index in [1.54, 1.807) is 26.0 Å². The molecule has 1 saturated heterocycles. The van der Waals surface area contributed by atoms with Crippen LogP contribution in [0.15, 0.2) is 29.2 Å². The first kappa shape index (κ1) is 23.4. The summed E-state index contributed by atoms with van der Waals surface area (Å²) in [7, 11) is -5.73. The lowest BCUT2D eigenvalue weighted by atomic mass is 9.78. The van der Waals surface area contributed by atoms with Gasteiger partial charge >= 0.3 is 0 Å². The molecular formula is C21H31NO6SSi. The number of benzene rings is 1. The van der Waals surface area contributed by atoms with Crippen LogP contribution in [0.3, 0.4) is 0 Å². The van der Waals surface area contributed by atoms with Crippen molar-refractivity contribution in [3.05, 3.63) is 29.8 Å². The molecular weight excluding hydrogens is 422 g/mol. The molecule has 1 heterocycles. The molecule has 3 N–H and O–H groups in total. The standard InChI is InChI=1S/C21H31NO6SSi/c1-13-7-9-14(10-8-13)29(25,26)22-16-15(11-12-30(4,5)6)17(23)18(24)20-19(16)27-21(2,3)28-20/h7-10,15-20,22-24H,1-6H3/t15-,16-,17+,18+,19+,20-/m1/s1. The third-order valence-electron chi connectivity index (χ3n) is 5.20. The Hall–Kier alpha value is -1.25. The van der Waals surface area contributed by atoms with Gasteiger partial charge in [-0.1, -0.05) is 37.3 Å². The second-order valence-corrected chi connectivity index (χ2v) is 16.0. The number of rotatable bonds is 3.